The van der Waals surface area contributed by atoms with Gasteiger partial charge in [-0.05, 0) is 78.9 Å². The zero-order chi connectivity index (χ0) is 29.4. The Morgan fingerprint density at radius 1 is 0.854 bits per heavy atom. The number of methoxy groups -OCH3 is 2. The fourth-order valence-electron chi connectivity index (χ4n) is 3.51. The van der Waals surface area contributed by atoms with Crippen LogP contribution in [0.5, 0.6) is 11.5 Å². The molecule has 208 valence electrons. The van der Waals surface area contributed by atoms with Crippen LogP contribution in [0.15, 0.2) is 95.9 Å². The number of fused-ring (bicyclic) bond motifs is 1. The lowest BCUT2D eigenvalue weighted by Gasteiger charge is -2.06. The first-order chi connectivity index (χ1) is 19.7. The standard InChI is InChI=1S/C14H12N2O4S.C14H10N2O3S/c1-20-12-6-2-10(3-7-12)14(17)15-11-4-8-13(9-5-11)21-16(18)19;1-19-11-6-7-12-13(8-11)20-14(15-12)9-2-4-10(5-3-9)16(17)18/h2-9H,1H3,(H,15,17);2-8H,1H3. The number of ether oxygens (including phenoxy) is 2. The number of nitro groups is 2. The van der Waals surface area contributed by atoms with Crippen molar-refractivity contribution in [2.75, 3.05) is 19.5 Å². The fraction of sp³-hybridized carbons (Fsp3) is 0.0714. The summed E-state index contributed by atoms with van der Waals surface area (Å²) in [5.41, 5.74) is 2.92. The van der Waals surface area contributed by atoms with Crippen molar-refractivity contribution in [3.63, 3.8) is 0 Å². The first-order valence-electron chi connectivity index (χ1n) is 11.8. The van der Waals surface area contributed by atoms with E-state index >= 15 is 0 Å². The lowest BCUT2D eigenvalue weighted by Crippen LogP contribution is -2.11. The molecular weight excluding hydrogens is 568 g/mol. The summed E-state index contributed by atoms with van der Waals surface area (Å²) in [5, 5.41) is 24.5. The molecule has 0 fully saturated rings. The van der Waals surface area contributed by atoms with Crippen molar-refractivity contribution in [3.05, 3.63) is 117 Å². The van der Waals surface area contributed by atoms with Gasteiger partial charge in [0.25, 0.3) is 23.5 Å². The van der Waals surface area contributed by atoms with Crippen LogP contribution in [0.2, 0.25) is 0 Å². The third-order valence-electron chi connectivity index (χ3n) is 5.57. The van der Waals surface area contributed by atoms with E-state index in [2.05, 4.69) is 10.3 Å². The minimum absolute atomic E-state index is 0.0801. The van der Waals surface area contributed by atoms with Gasteiger partial charge in [-0.2, -0.15) is 0 Å². The molecular formula is C28H22N4O7S2. The highest BCUT2D eigenvalue weighted by atomic mass is 32.2. The summed E-state index contributed by atoms with van der Waals surface area (Å²) in [6, 6.07) is 25.2. The van der Waals surface area contributed by atoms with E-state index in [4.69, 9.17) is 9.47 Å². The highest BCUT2D eigenvalue weighted by molar-refractivity contribution is 7.93. The Hall–Kier alpha value is -5.01. The van der Waals surface area contributed by atoms with Crippen LogP contribution in [-0.4, -0.2) is 34.4 Å². The molecule has 0 aliphatic rings. The van der Waals surface area contributed by atoms with Gasteiger partial charge in [-0.1, -0.05) is 0 Å². The smallest absolute Gasteiger partial charge is 0.269 e. The molecule has 4 aromatic carbocycles. The number of thiazole rings is 1. The highest BCUT2D eigenvalue weighted by Gasteiger charge is 2.10. The van der Waals surface area contributed by atoms with Gasteiger partial charge < -0.3 is 14.8 Å². The quantitative estimate of drug-likeness (QED) is 0.113. The molecule has 0 saturated heterocycles. The molecule has 0 spiro atoms. The average Bonchev–Trinajstić information content (AvgIpc) is 3.42. The second-order valence-corrected chi connectivity index (χ2v) is 10.2. The number of rotatable bonds is 8. The number of anilines is 1. The second kappa shape index (κ2) is 13.4. The van der Waals surface area contributed by atoms with Gasteiger partial charge in [-0.25, -0.2) is 4.98 Å². The Morgan fingerprint density at radius 2 is 1.49 bits per heavy atom. The molecule has 0 atom stereocenters. The molecule has 0 saturated carbocycles. The summed E-state index contributed by atoms with van der Waals surface area (Å²) >= 11 is 2.06. The first-order valence-corrected chi connectivity index (χ1v) is 13.4. The van der Waals surface area contributed by atoms with E-state index in [9.17, 15) is 25.0 Å². The normalized spacial score (nSPS) is 10.3. The van der Waals surface area contributed by atoms with Crippen LogP contribution in [-0.2, 0) is 0 Å². The summed E-state index contributed by atoms with van der Waals surface area (Å²) in [6.45, 7) is 0. The highest BCUT2D eigenvalue weighted by Crippen LogP contribution is 2.33. The maximum atomic E-state index is 12.0. The van der Waals surface area contributed by atoms with Crippen molar-refractivity contribution in [2.24, 2.45) is 0 Å². The molecule has 11 nitrogen and oxygen atoms in total. The van der Waals surface area contributed by atoms with E-state index < -0.39 is 9.25 Å². The Kier molecular flexibility index (Phi) is 9.45. The third kappa shape index (κ3) is 7.77. The number of aromatic nitrogens is 1. The lowest BCUT2D eigenvalue weighted by molar-refractivity contribution is -0.384. The minimum Gasteiger partial charge on any atom is -0.497 e. The van der Waals surface area contributed by atoms with Crippen LogP contribution in [0.3, 0.4) is 0 Å². The molecule has 0 aliphatic heterocycles. The molecule has 1 amide bonds. The number of nitrogens with one attached hydrogen (secondary N) is 1. The molecule has 0 radical (unpaired) electrons. The van der Waals surface area contributed by atoms with Crippen molar-refractivity contribution in [3.8, 4) is 22.1 Å². The third-order valence-corrected chi connectivity index (χ3v) is 7.26. The summed E-state index contributed by atoms with van der Waals surface area (Å²) in [6.07, 6.45) is 0. The van der Waals surface area contributed by atoms with Crippen molar-refractivity contribution in [2.45, 2.75) is 4.90 Å². The Bertz CT molecular complexity index is 1670. The molecule has 0 bridgehead atoms. The Balaban J connectivity index is 0.000000189. The average molecular weight is 591 g/mol. The summed E-state index contributed by atoms with van der Waals surface area (Å²) in [4.78, 5) is 37.6. The van der Waals surface area contributed by atoms with Crippen molar-refractivity contribution in [1.82, 2.24) is 4.98 Å². The van der Waals surface area contributed by atoms with Crippen molar-refractivity contribution < 1.29 is 23.5 Å². The molecule has 1 heterocycles. The minimum atomic E-state index is -0.481. The zero-order valence-corrected chi connectivity index (χ0v) is 23.3. The van der Waals surface area contributed by atoms with Crippen molar-refractivity contribution in [1.29, 1.82) is 0 Å². The van der Waals surface area contributed by atoms with Gasteiger partial charge in [-0.15, -0.1) is 11.3 Å². The second-order valence-electron chi connectivity index (χ2n) is 8.18. The number of hydrogen-bond acceptors (Lipinski definition) is 10. The first kappa shape index (κ1) is 29.0. The lowest BCUT2D eigenvalue weighted by atomic mass is 10.2. The maximum absolute atomic E-state index is 12.0. The van der Waals surface area contributed by atoms with Gasteiger partial charge in [0.2, 0.25) is 0 Å². The number of carbonyl (C=O) groups is 1. The summed E-state index contributed by atoms with van der Waals surface area (Å²) in [5.74, 6) is 1.21. The number of non-ortho nitro benzene ring substituents is 1. The molecule has 5 aromatic rings. The summed E-state index contributed by atoms with van der Waals surface area (Å²) < 4.78 is 10.8. The topological polar surface area (TPSA) is 147 Å². The number of nitro benzene ring substituents is 1. The number of benzene rings is 4. The number of amides is 1. The largest absolute Gasteiger partial charge is 0.497 e. The van der Waals surface area contributed by atoms with Gasteiger partial charge in [0.1, 0.15) is 20.8 Å². The predicted octanol–water partition coefficient (Wildman–Crippen LogP) is 7.11. The zero-order valence-electron chi connectivity index (χ0n) is 21.7. The predicted molar refractivity (Wildman–Crippen MR) is 159 cm³/mol. The Morgan fingerprint density at radius 3 is 2.07 bits per heavy atom. The van der Waals surface area contributed by atoms with Gasteiger partial charge in [0.05, 0.1) is 34.3 Å². The number of hydrogen-bond donors (Lipinski definition) is 1. The van der Waals surface area contributed by atoms with E-state index in [1.807, 2.05) is 18.2 Å². The molecule has 5 rings (SSSR count). The SMILES string of the molecule is COc1ccc(C(=O)Nc2ccc(S[N+](=O)[O-])cc2)cc1.COc1ccc2nc(-c3ccc([N+](=O)[O-])cc3)sc2c1. The van der Waals surface area contributed by atoms with Crippen LogP contribution in [0.4, 0.5) is 11.4 Å². The molecule has 0 aliphatic carbocycles. The molecule has 1 N–H and O–H groups in total. The van der Waals surface area contributed by atoms with E-state index in [1.165, 1.54) is 23.5 Å². The molecule has 1 aromatic heterocycles. The van der Waals surface area contributed by atoms with E-state index in [0.717, 1.165) is 26.5 Å². The van der Waals surface area contributed by atoms with Gasteiger partial charge >= 0.3 is 0 Å². The van der Waals surface area contributed by atoms with Crippen LogP contribution in [0.25, 0.3) is 20.8 Å². The molecule has 13 heteroatoms. The van der Waals surface area contributed by atoms with E-state index in [1.54, 1.807) is 74.9 Å². The monoisotopic (exact) mass is 590 g/mol. The molecule has 0 unspecified atom stereocenters. The van der Waals surface area contributed by atoms with E-state index in [-0.39, 0.29) is 11.6 Å². The number of carbonyl (C=O) groups excluding carboxylic acids is 1. The van der Waals surface area contributed by atoms with Gasteiger partial charge in [0, 0.05) is 28.9 Å². The van der Waals surface area contributed by atoms with Gasteiger partial charge in [0.15, 0.2) is 0 Å². The Labute approximate surface area is 242 Å². The van der Waals surface area contributed by atoms with E-state index in [0.29, 0.717) is 33.8 Å². The number of nitrogens with zero attached hydrogens (tertiary/aromatic N) is 3. The maximum Gasteiger partial charge on any atom is 0.269 e. The summed E-state index contributed by atoms with van der Waals surface area (Å²) in [7, 11) is 3.18. The van der Waals surface area contributed by atoms with Crippen molar-refractivity contribution >= 4 is 50.8 Å². The van der Waals surface area contributed by atoms with Crippen LogP contribution in [0.1, 0.15) is 10.4 Å². The van der Waals surface area contributed by atoms with Crippen LogP contribution < -0.4 is 14.8 Å². The fourth-order valence-corrected chi connectivity index (χ4v) is 4.94. The van der Waals surface area contributed by atoms with Gasteiger partial charge in [-0.3, -0.25) is 25.0 Å². The van der Waals surface area contributed by atoms with Crippen LogP contribution in [0, 0.1) is 20.2 Å². The molecule has 41 heavy (non-hydrogen) atoms. The van der Waals surface area contributed by atoms with Crippen LogP contribution >= 0.6 is 23.3 Å².